The summed E-state index contributed by atoms with van der Waals surface area (Å²) in [5.74, 6) is -1.81. The van der Waals surface area contributed by atoms with E-state index in [0.717, 1.165) is 11.8 Å². The van der Waals surface area contributed by atoms with Crippen molar-refractivity contribution in [2.75, 3.05) is 13.2 Å². The number of hydrogen-bond donors (Lipinski definition) is 4. The molecule has 0 spiro atoms. The SMILES string of the molecule is CCOc1ccc2c(O[C@@H]3C[C@H]4C(=O)N[C@]5(C(=O)NS(=O)(=O)C6(C)CC6)C[C@H]5C=CCC[C@@H](C)C[C@@H](C)[C@H](NC(=O)O)C(=O)N4C3)nccc2c1. The number of ether oxygens (including phenoxy) is 2. The van der Waals surface area contributed by atoms with Gasteiger partial charge in [-0.2, -0.15) is 0 Å². The van der Waals surface area contributed by atoms with Gasteiger partial charge >= 0.3 is 6.09 Å². The molecule has 51 heavy (non-hydrogen) atoms. The van der Waals surface area contributed by atoms with Crippen LogP contribution in [0.4, 0.5) is 4.79 Å². The normalized spacial score (nSPS) is 30.5. The van der Waals surface area contributed by atoms with E-state index >= 15 is 0 Å². The fraction of sp³-hybridized carbons (Fsp3) is 0.583. The van der Waals surface area contributed by atoms with Crippen LogP contribution in [-0.4, -0.2) is 88.8 Å². The van der Waals surface area contributed by atoms with E-state index in [0.29, 0.717) is 49.3 Å². The Kier molecular flexibility index (Phi) is 9.96. The molecule has 4 aliphatic rings. The Bertz CT molecular complexity index is 1850. The van der Waals surface area contributed by atoms with Crippen molar-refractivity contribution >= 4 is 44.6 Å². The van der Waals surface area contributed by atoms with E-state index in [1.807, 2.05) is 51.1 Å². The van der Waals surface area contributed by atoms with E-state index in [2.05, 4.69) is 20.3 Å². The minimum atomic E-state index is -3.99. The zero-order valence-corrected chi connectivity index (χ0v) is 30.2. The molecule has 3 heterocycles. The van der Waals surface area contributed by atoms with E-state index in [9.17, 15) is 32.7 Å². The first-order valence-electron chi connectivity index (χ1n) is 17.7. The summed E-state index contributed by atoms with van der Waals surface area (Å²) in [6.07, 6.45) is 6.30. The van der Waals surface area contributed by atoms with Crippen molar-refractivity contribution in [2.24, 2.45) is 17.8 Å². The molecule has 3 fully saturated rings. The van der Waals surface area contributed by atoms with Gasteiger partial charge in [-0.05, 0) is 93.9 Å². The molecular weight excluding hydrogens is 678 g/mol. The van der Waals surface area contributed by atoms with Gasteiger partial charge in [0.15, 0.2) is 0 Å². The molecule has 6 rings (SSSR count). The van der Waals surface area contributed by atoms with Crippen LogP contribution in [0, 0.1) is 17.8 Å². The number of nitrogens with one attached hydrogen (secondary N) is 3. The second kappa shape index (κ2) is 14.0. The zero-order chi connectivity index (χ0) is 36.7. The second-order valence-electron chi connectivity index (χ2n) is 14.8. The third-order valence-corrected chi connectivity index (χ3v) is 13.0. The topological polar surface area (TPSA) is 193 Å². The highest BCUT2D eigenvalue weighted by atomic mass is 32.2. The number of carboxylic acid groups (broad SMARTS) is 1. The van der Waals surface area contributed by atoms with Crippen molar-refractivity contribution < 1.29 is 42.2 Å². The summed E-state index contributed by atoms with van der Waals surface area (Å²) in [6, 6.07) is 5.01. The van der Waals surface area contributed by atoms with Gasteiger partial charge in [0.1, 0.15) is 29.5 Å². The van der Waals surface area contributed by atoms with Crippen molar-refractivity contribution in [1.82, 2.24) is 25.2 Å². The lowest BCUT2D eigenvalue weighted by atomic mass is 9.88. The van der Waals surface area contributed by atoms with Crippen LogP contribution in [0.1, 0.15) is 72.6 Å². The summed E-state index contributed by atoms with van der Waals surface area (Å²) in [5.41, 5.74) is -1.53. The molecule has 2 saturated carbocycles. The van der Waals surface area contributed by atoms with E-state index in [-0.39, 0.29) is 25.3 Å². The van der Waals surface area contributed by atoms with Gasteiger partial charge in [0.05, 0.1) is 17.9 Å². The van der Waals surface area contributed by atoms with Crippen molar-refractivity contribution in [2.45, 2.75) is 101 Å². The first-order valence-corrected chi connectivity index (χ1v) is 19.2. The molecular formula is C36H47N5O9S. The molecule has 0 bridgehead atoms. The Hall–Kier alpha value is -4.40. The van der Waals surface area contributed by atoms with Crippen molar-refractivity contribution in [1.29, 1.82) is 0 Å². The number of nitrogens with zero attached hydrogens (tertiary/aromatic N) is 2. The molecule has 1 aromatic heterocycles. The summed E-state index contributed by atoms with van der Waals surface area (Å²) >= 11 is 0. The molecule has 0 radical (unpaired) electrons. The molecule has 7 atom stereocenters. The smallest absolute Gasteiger partial charge is 0.405 e. The Morgan fingerprint density at radius 1 is 1.16 bits per heavy atom. The lowest BCUT2D eigenvalue weighted by Gasteiger charge is -2.32. The minimum absolute atomic E-state index is 0.0197. The number of rotatable bonds is 8. The minimum Gasteiger partial charge on any atom is -0.494 e. The summed E-state index contributed by atoms with van der Waals surface area (Å²) < 4.78 is 39.4. The van der Waals surface area contributed by atoms with Crippen LogP contribution in [0.3, 0.4) is 0 Å². The number of allylic oxidation sites excluding steroid dienone is 1. The number of fused-ring (bicyclic) bond motifs is 3. The van der Waals surface area contributed by atoms with Crippen LogP contribution >= 0.6 is 0 Å². The Labute approximate surface area is 297 Å². The summed E-state index contributed by atoms with van der Waals surface area (Å²) in [5, 5.41) is 16.5. The highest BCUT2D eigenvalue weighted by Crippen LogP contribution is 2.47. The highest BCUT2D eigenvalue weighted by molar-refractivity contribution is 7.91. The molecule has 1 aromatic carbocycles. The third-order valence-electron chi connectivity index (χ3n) is 10.8. The van der Waals surface area contributed by atoms with Crippen LogP contribution in [0.5, 0.6) is 11.6 Å². The highest BCUT2D eigenvalue weighted by Gasteiger charge is 2.63. The van der Waals surface area contributed by atoms with E-state index in [4.69, 9.17) is 9.47 Å². The van der Waals surface area contributed by atoms with Gasteiger partial charge in [-0.25, -0.2) is 18.2 Å². The average molecular weight is 726 g/mol. The summed E-state index contributed by atoms with van der Waals surface area (Å²) in [6.45, 7) is 7.76. The van der Waals surface area contributed by atoms with Crippen LogP contribution in [0.15, 0.2) is 42.6 Å². The lowest BCUT2D eigenvalue weighted by Crippen LogP contribution is -2.59. The maximum absolute atomic E-state index is 14.3. The number of benzene rings is 1. The maximum Gasteiger partial charge on any atom is 0.405 e. The molecule has 4 amide bonds. The average Bonchev–Trinajstić information content (AvgIpc) is 3.95. The largest absolute Gasteiger partial charge is 0.494 e. The Balaban J connectivity index is 1.33. The third kappa shape index (κ3) is 7.49. The molecule has 276 valence electrons. The van der Waals surface area contributed by atoms with Gasteiger partial charge in [-0.1, -0.05) is 26.0 Å². The molecule has 2 aromatic rings. The number of pyridine rings is 1. The summed E-state index contributed by atoms with van der Waals surface area (Å²) in [7, 11) is -3.99. The Morgan fingerprint density at radius 2 is 1.92 bits per heavy atom. The van der Waals surface area contributed by atoms with E-state index in [1.54, 1.807) is 19.2 Å². The summed E-state index contributed by atoms with van der Waals surface area (Å²) in [4.78, 5) is 60.1. The van der Waals surface area contributed by atoms with Gasteiger partial charge in [0.25, 0.3) is 5.91 Å². The van der Waals surface area contributed by atoms with Crippen LogP contribution in [-0.2, 0) is 24.4 Å². The number of hydrogen-bond acceptors (Lipinski definition) is 9. The van der Waals surface area contributed by atoms with Gasteiger partial charge < -0.3 is 30.1 Å². The number of carbonyl (C=O) groups is 4. The molecule has 14 nitrogen and oxygen atoms in total. The molecule has 4 N–H and O–H groups in total. The van der Waals surface area contributed by atoms with Crippen molar-refractivity contribution in [3.8, 4) is 11.6 Å². The maximum atomic E-state index is 14.3. The van der Waals surface area contributed by atoms with Gasteiger partial charge in [-0.3, -0.25) is 19.1 Å². The molecule has 2 aliphatic heterocycles. The van der Waals surface area contributed by atoms with E-state index in [1.165, 1.54) is 4.90 Å². The fourth-order valence-corrected chi connectivity index (χ4v) is 8.68. The quantitative estimate of drug-likeness (QED) is 0.293. The lowest BCUT2D eigenvalue weighted by molar-refractivity contribution is -0.142. The van der Waals surface area contributed by atoms with Crippen LogP contribution in [0.2, 0.25) is 0 Å². The molecule has 2 aliphatic carbocycles. The zero-order valence-electron chi connectivity index (χ0n) is 29.4. The predicted octanol–water partition coefficient (Wildman–Crippen LogP) is 3.50. The second-order valence-corrected chi connectivity index (χ2v) is 17.0. The first-order chi connectivity index (χ1) is 24.2. The van der Waals surface area contributed by atoms with Gasteiger partial charge in [-0.15, -0.1) is 0 Å². The first kappa shape index (κ1) is 36.4. The van der Waals surface area contributed by atoms with Gasteiger partial charge in [0, 0.05) is 23.9 Å². The Morgan fingerprint density at radius 3 is 2.63 bits per heavy atom. The van der Waals surface area contributed by atoms with Crippen molar-refractivity contribution in [3.05, 3.63) is 42.6 Å². The monoisotopic (exact) mass is 725 g/mol. The molecule has 15 heteroatoms. The fourth-order valence-electron chi connectivity index (χ4n) is 7.37. The number of carbonyl (C=O) groups excluding carboxylic acids is 3. The standard InChI is InChI=1S/C36H47N5O9S/c1-5-49-25-10-11-27-23(17-25)12-15-37-31(27)50-26-18-28-30(42)39-36(33(44)40-51(47,48)35(4)13-14-35)19-24(36)9-7-6-8-21(2)16-22(3)29(38-34(45)46)32(43)41(28)20-26/h7,9-12,15,17,21-22,24,26,28-29,38H,5-6,8,13-14,16,18-20H2,1-4H3,(H,39,42)(H,40,44)(H,45,46)/t21-,22-,24-,26-,28+,29+,36-/m1/s1. The van der Waals surface area contributed by atoms with Gasteiger partial charge in [0.2, 0.25) is 27.7 Å². The molecule has 0 unspecified atom stereocenters. The van der Waals surface area contributed by atoms with Crippen LogP contribution < -0.4 is 24.8 Å². The van der Waals surface area contributed by atoms with Crippen molar-refractivity contribution in [3.63, 3.8) is 0 Å². The van der Waals surface area contributed by atoms with Crippen LogP contribution in [0.25, 0.3) is 10.8 Å². The number of amides is 4. The predicted molar refractivity (Wildman–Crippen MR) is 187 cm³/mol. The number of aromatic nitrogens is 1. The molecule has 1 saturated heterocycles. The number of sulfonamides is 1. The van der Waals surface area contributed by atoms with E-state index < -0.39 is 74.1 Å².